The Morgan fingerprint density at radius 3 is 2.59 bits per heavy atom. The van der Waals surface area contributed by atoms with E-state index in [1.807, 2.05) is 6.07 Å². The molecule has 6 heteroatoms. The molecule has 150 valence electrons. The lowest BCUT2D eigenvalue weighted by Crippen LogP contribution is -2.38. The molecular weight excluding hydrogens is 364 g/mol. The first kappa shape index (κ1) is 23.3. The molecule has 2 unspecified atom stereocenters. The van der Waals surface area contributed by atoms with Gasteiger partial charge in [0.25, 0.3) is 5.91 Å². The van der Waals surface area contributed by atoms with Crippen LogP contribution in [0.3, 0.4) is 0 Å². The van der Waals surface area contributed by atoms with Gasteiger partial charge in [-0.3, -0.25) is 4.79 Å². The lowest BCUT2D eigenvalue weighted by atomic mass is 10.1. The van der Waals surface area contributed by atoms with Crippen molar-refractivity contribution in [3.63, 3.8) is 0 Å². The maximum atomic E-state index is 12.2. The van der Waals surface area contributed by atoms with E-state index in [0.717, 1.165) is 24.9 Å². The molecular formula is C21H31ClN2O3. The van der Waals surface area contributed by atoms with Crippen LogP contribution in [0, 0.1) is 11.8 Å². The van der Waals surface area contributed by atoms with Crippen LogP contribution in [0.25, 0.3) is 0 Å². The highest BCUT2D eigenvalue weighted by Gasteiger charge is 2.19. The van der Waals surface area contributed by atoms with E-state index in [-0.39, 0.29) is 24.5 Å². The Morgan fingerprint density at radius 2 is 2.04 bits per heavy atom. The van der Waals surface area contributed by atoms with Crippen molar-refractivity contribution >= 4 is 23.2 Å². The Hall–Kier alpha value is -1.74. The Kier molecular flexibility index (Phi) is 10.2. The van der Waals surface area contributed by atoms with Gasteiger partial charge in [-0.25, -0.2) is 0 Å². The van der Waals surface area contributed by atoms with Crippen LogP contribution < -0.4 is 10.2 Å². The van der Waals surface area contributed by atoms with Gasteiger partial charge in [0.2, 0.25) is 0 Å². The van der Waals surface area contributed by atoms with E-state index in [0.29, 0.717) is 10.6 Å². The molecule has 0 heterocycles. The zero-order valence-electron chi connectivity index (χ0n) is 16.6. The second-order valence-corrected chi connectivity index (χ2v) is 7.22. The average molecular weight is 395 g/mol. The second-order valence-electron chi connectivity index (χ2n) is 6.81. The first-order valence-electron chi connectivity index (χ1n) is 9.45. The predicted octanol–water partition coefficient (Wildman–Crippen LogP) is 3.22. The fourth-order valence-corrected chi connectivity index (χ4v) is 3.00. The van der Waals surface area contributed by atoms with Gasteiger partial charge in [-0.2, -0.15) is 0 Å². The van der Waals surface area contributed by atoms with Crippen LogP contribution in [0.15, 0.2) is 18.2 Å². The van der Waals surface area contributed by atoms with E-state index < -0.39 is 12.7 Å². The number of hydrogen-bond acceptors (Lipinski definition) is 4. The highest BCUT2D eigenvalue weighted by atomic mass is 35.5. The number of benzene rings is 1. The first-order chi connectivity index (χ1) is 12.8. The summed E-state index contributed by atoms with van der Waals surface area (Å²) in [5.41, 5.74) is 1.23. The third-order valence-corrected chi connectivity index (χ3v) is 4.46. The van der Waals surface area contributed by atoms with Gasteiger partial charge in [-0.1, -0.05) is 30.9 Å². The number of unbranched alkanes of at least 4 members (excludes halogenated alkanes) is 2. The van der Waals surface area contributed by atoms with Crippen LogP contribution in [0.2, 0.25) is 5.02 Å². The molecule has 0 aliphatic carbocycles. The quantitative estimate of drug-likeness (QED) is 0.444. The number of nitrogens with zero attached hydrogens (tertiary/aromatic N) is 1. The van der Waals surface area contributed by atoms with Crippen molar-refractivity contribution in [1.29, 1.82) is 0 Å². The van der Waals surface area contributed by atoms with Crippen LogP contribution in [-0.4, -0.2) is 47.5 Å². The van der Waals surface area contributed by atoms with Gasteiger partial charge in [0.1, 0.15) is 0 Å². The molecule has 1 rings (SSSR count). The molecule has 1 amide bonds. The molecule has 0 aliphatic heterocycles. The molecule has 0 fully saturated rings. The number of rotatable bonds is 9. The number of aliphatic hydroxyl groups is 2. The van der Waals surface area contributed by atoms with Gasteiger partial charge in [0.05, 0.1) is 29.3 Å². The van der Waals surface area contributed by atoms with Crippen molar-refractivity contribution in [2.45, 2.75) is 65.1 Å². The summed E-state index contributed by atoms with van der Waals surface area (Å²) in [6, 6.07) is 5.54. The highest BCUT2D eigenvalue weighted by molar-refractivity contribution is 6.34. The Morgan fingerprint density at radius 1 is 1.33 bits per heavy atom. The van der Waals surface area contributed by atoms with Gasteiger partial charge in [-0.15, -0.1) is 5.92 Å². The maximum absolute atomic E-state index is 12.2. The molecule has 0 radical (unpaired) electrons. The molecule has 0 saturated heterocycles. The Bertz CT molecular complexity index is 667. The minimum Gasteiger partial charge on any atom is -0.394 e. The Labute approximate surface area is 167 Å². The molecule has 0 bridgehead atoms. The second kappa shape index (κ2) is 11.9. The molecule has 2 atom stereocenters. The zero-order chi connectivity index (χ0) is 20.4. The molecule has 27 heavy (non-hydrogen) atoms. The van der Waals surface area contributed by atoms with E-state index in [9.17, 15) is 9.90 Å². The van der Waals surface area contributed by atoms with Gasteiger partial charge < -0.3 is 20.4 Å². The minimum absolute atomic E-state index is 0.0253. The molecule has 1 aromatic rings. The summed E-state index contributed by atoms with van der Waals surface area (Å²) in [5, 5.41) is 21.1. The summed E-state index contributed by atoms with van der Waals surface area (Å²) < 4.78 is 0. The number of halogens is 1. The predicted molar refractivity (Wildman–Crippen MR) is 111 cm³/mol. The fraction of sp³-hybridized carbons (Fsp3) is 0.571. The van der Waals surface area contributed by atoms with E-state index in [1.165, 1.54) is 0 Å². The summed E-state index contributed by atoms with van der Waals surface area (Å²) in [6.45, 7) is 7.95. The number of nitrogens with one attached hydrogen (secondary N) is 1. The fourth-order valence-electron chi connectivity index (χ4n) is 2.74. The van der Waals surface area contributed by atoms with Crippen molar-refractivity contribution < 1.29 is 15.0 Å². The monoisotopic (exact) mass is 394 g/mol. The van der Waals surface area contributed by atoms with Crippen molar-refractivity contribution in [3.05, 3.63) is 28.8 Å². The van der Waals surface area contributed by atoms with Crippen molar-refractivity contribution in [1.82, 2.24) is 5.32 Å². The van der Waals surface area contributed by atoms with Gasteiger partial charge >= 0.3 is 0 Å². The van der Waals surface area contributed by atoms with Crippen LogP contribution >= 0.6 is 11.6 Å². The largest absolute Gasteiger partial charge is 0.394 e. The number of amides is 1. The molecule has 5 nitrogen and oxygen atoms in total. The summed E-state index contributed by atoms with van der Waals surface area (Å²) in [6.07, 6.45) is 2.13. The molecule has 0 spiro atoms. The molecule has 1 aromatic carbocycles. The zero-order valence-corrected chi connectivity index (χ0v) is 17.4. The molecule has 0 aliphatic rings. The van der Waals surface area contributed by atoms with E-state index in [4.69, 9.17) is 16.7 Å². The molecule has 0 aromatic heterocycles. The lowest BCUT2D eigenvalue weighted by molar-refractivity contribution is 0.0802. The van der Waals surface area contributed by atoms with Gasteiger partial charge in [0, 0.05) is 24.7 Å². The Balaban J connectivity index is 2.95. The maximum Gasteiger partial charge on any atom is 0.252 e. The summed E-state index contributed by atoms with van der Waals surface area (Å²) in [7, 11) is 0. The number of carbonyl (C=O) groups excluding carboxylic acids is 1. The minimum atomic E-state index is -0.990. The number of aliphatic hydroxyl groups excluding tert-OH is 2. The standard InChI is InChI=1S/C21H31ClN2O3/c1-5-6-7-8-9-16(4)24(15(2)3)17-10-11-19(20(22)12-17)21(27)23-13-18(26)14-25/h10-12,15-16,18,25-26H,5-7,13-14H2,1-4H3,(H,23,27). The number of carbonyl (C=O) groups is 1. The number of hydrogen-bond donors (Lipinski definition) is 3. The van der Waals surface area contributed by atoms with E-state index in [1.54, 1.807) is 12.1 Å². The summed E-state index contributed by atoms with van der Waals surface area (Å²) >= 11 is 6.34. The third kappa shape index (κ3) is 7.42. The first-order valence-corrected chi connectivity index (χ1v) is 9.82. The third-order valence-electron chi connectivity index (χ3n) is 4.14. The van der Waals surface area contributed by atoms with Crippen LogP contribution in [0.4, 0.5) is 5.69 Å². The molecule has 0 saturated carbocycles. The molecule has 3 N–H and O–H groups in total. The van der Waals surface area contributed by atoms with Gasteiger partial charge in [-0.05, 0) is 45.4 Å². The lowest BCUT2D eigenvalue weighted by Gasteiger charge is -2.32. The van der Waals surface area contributed by atoms with Crippen molar-refractivity contribution in [3.8, 4) is 11.8 Å². The van der Waals surface area contributed by atoms with Crippen LogP contribution in [0.1, 0.15) is 57.3 Å². The van der Waals surface area contributed by atoms with Crippen molar-refractivity contribution in [2.75, 3.05) is 18.1 Å². The van der Waals surface area contributed by atoms with E-state index in [2.05, 4.69) is 49.8 Å². The summed E-state index contributed by atoms with van der Waals surface area (Å²) in [5.74, 6) is 6.14. The average Bonchev–Trinajstić information content (AvgIpc) is 2.63. The normalized spacial score (nSPS) is 12.9. The van der Waals surface area contributed by atoms with Crippen LogP contribution in [-0.2, 0) is 0 Å². The van der Waals surface area contributed by atoms with E-state index >= 15 is 0 Å². The van der Waals surface area contributed by atoms with Gasteiger partial charge in [0.15, 0.2) is 0 Å². The topological polar surface area (TPSA) is 72.8 Å². The summed E-state index contributed by atoms with van der Waals surface area (Å²) in [4.78, 5) is 14.4. The number of anilines is 1. The smallest absolute Gasteiger partial charge is 0.252 e. The SMILES string of the molecule is CCCCC#CC(C)N(c1ccc(C(=O)NCC(O)CO)c(Cl)c1)C(C)C. The van der Waals surface area contributed by atoms with Crippen LogP contribution in [0.5, 0.6) is 0 Å². The van der Waals surface area contributed by atoms with Crippen molar-refractivity contribution in [2.24, 2.45) is 0 Å². The highest BCUT2D eigenvalue weighted by Crippen LogP contribution is 2.26.